The largest absolute Gasteiger partial charge is 0.508 e. The monoisotopic (exact) mass is 322 g/mol. The van der Waals surface area contributed by atoms with Crippen LogP contribution in [0.5, 0.6) is 5.75 Å². The first-order valence-corrected chi connectivity index (χ1v) is 5.25. The molecule has 0 atom stereocenters. The number of hydrogen-bond donors (Lipinski definition) is 1. The molecule has 0 radical (unpaired) electrons. The van der Waals surface area contributed by atoms with Gasteiger partial charge in [0.15, 0.2) is 0 Å². The van der Waals surface area contributed by atoms with Gasteiger partial charge in [0.05, 0.1) is 11.1 Å². The minimum Gasteiger partial charge on any atom is -0.508 e. The summed E-state index contributed by atoms with van der Waals surface area (Å²) in [6.45, 7) is 0. The van der Waals surface area contributed by atoms with Crippen LogP contribution in [0.3, 0.4) is 0 Å². The second kappa shape index (κ2) is 4.40. The van der Waals surface area contributed by atoms with E-state index >= 15 is 0 Å². The normalized spacial score (nSPS) is 12.9. The van der Waals surface area contributed by atoms with Crippen molar-refractivity contribution in [3.63, 3.8) is 0 Å². The molecule has 0 aliphatic carbocycles. The lowest BCUT2D eigenvalue weighted by molar-refractivity contribution is -0.162. The van der Waals surface area contributed by atoms with Crippen molar-refractivity contribution >= 4 is 15.9 Å². The number of aromatic hydroxyl groups is 1. The molecule has 0 amide bonds. The first kappa shape index (κ1) is 14.1. The van der Waals surface area contributed by atoms with Crippen molar-refractivity contribution in [1.82, 2.24) is 0 Å². The summed E-state index contributed by atoms with van der Waals surface area (Å²) in [7, 11) is 0. The van der Waals surface area contributed by atoms with Crippen LogP contribution in [0, 0.1) is 0 Å². The van der Waals surface area contributed by atoms with Crippen LogP contribution in [-0.4, -0.2) is 5.11 Å². The van der Waals surface area contributed by atoms with Crippen molar-refractivity contribution < 1.29 is 31.4 Å². The molecule has 0 bridgehead atoms. The highest BCUT2D eigenvalue weighted by molar-refractivity contribution is 9.08. The van der Waals surface area contributed by atoms with E-state index in [-0.39, 0.29) is 23.0 Å². The second-order valence-corrected chi connectivity index (χ2v) is 3.72. The van der Waals surface area contributed by atoms with Crippen LogP contribution in [0.15, 0.2) is 12.1 Å². The highest BCUT2D eigenvalue weighted by atomic mass is 79.9. The van der Waals surface area contributed by atoms with Crippen molar-refractivity contribution in [2.75, 3.05) is 0 Å². The zero-order valence-corrected chi connectivity index (χ0v) is 9.54. The Labute approximate surface area is 100 Å². The van der Waals surface area contributed by atoms with Gasteiger partial charge in [0.2, 0.25) is 0 Å². The number of halogens is 7. The smallest absolute Gasteiger partial charge is 0.417 e. The molecule has 0 aliphatic rings. The summed E-state index contributed by atoms with van der Waals surface area (Å²) in [5, 5.41) is 8.97. The minimum atomic E-state index is -5.17. The summed E-state index contributed by atoms with van der Waals surface area (Å²) in [6.07, 6.45) is -10.3. The van der Waals surface area contributed by atoms with Crippen LogP contribution >= 0.6 is 15.9 Å². The highest BCUT2D eigenvalue weighted by Gasteiger charge is 2.43. The number of phenolic OH excluding ortho intramolecular Hbond substituents is 1. The molecule has 1 rings (SSSR count). The summed E-state index contributed by atoms with van der Waals surface area (Å²) in [4.78, 5) is 0. The molecule has 1 aromatic carbocycles. The zero-order valence-electron chi connectivity index (χ0n) is 7.95. The third-order valence-electron chi connectivity index (χ3n) is 1.97. The Hall–Kier alpha value is -0.920. The van der Waals surface area contributed by atoms with Gasteiger partial charge in [0.1, 0.15) is 5.75 Å². The van der Waals surface area contributed by atoms with Gasteiger partial charge in [0, 0.05) is 10.9 Å². The maximum absolute atomic E-state index is 12.4. The van der Waals surface area contributed by atoms with E-state index in [1.54, 1.807) is 0 Å². The van der Waals surface area contributed by atoms with Gasteiger partial charge in [-0.25, -0.2) is 0 Å². The fraction of sp³-hybridized carbons (Fsp3) is 0.333. The molecule has 0 heterocycles. The molecule has 0 saturated carbocycles. The number of hydrogen-bond acceptors (Lipinski definition) is 1. The maximum Gasteiger partial charge on any atom is 0.417 e. The molecule has 0 fully saturated rings. The third-order valence-corrected chi connectivity index (χ3v) is 2.58. The van der Waals surface area contributed by atoms with Crippen LogP contribution in [0.25, 0.3) is 0 Å². The molecule has 1 aromatic rings. The lowest BCUT2D eigenvalue weighted by atomic mass is 10.0. The SMILES string of the molecule is Oc1cc(C(F)(F)F)c(C(F)(F)F)cc1CBr. The van der Waals surface area contributed by atoms with Crippen molar-refractivity contribution in [2.24, 2.45) is 0 Å². The van der Waals surface area contributed by atoms with Gasteiger partial charge >= 0.3 is 12.4 Å². The standard InChI is InChI=1S/C9H5BrF6O/c10-3-4-1-5(8(11,12)13)6(2-7(4)17)9(14,15)16/h1-2,17H,3H2. The van der Waals surface area contributed by atoms with Gasteiger partial charge in [-0.15, -0.1) is 0 Å². The van der Waals surface area contributed by atoms with Crippen molar-refractivity contribution in [3.8, 4) is 5.75 Å². The van der Waals surface area contributed by atoms with Gasteiger partial charge in [-0.2, -0.15) is 26.3 Å². The third kappa shape index (κ3) is 3.05. The summed E-state index contributed by atoms with van der Waals surface area (Å²) in [5.74, 6) is -0.831. The summed E-state index contributed by atoms with van der Waals surface area (Å²) in [6, 6.07) is 0.367. The molecule has 8 heteroatoms. The topological polar surface area (TPSA) is 20.2 Å². The maximum atomic E-state index is 12.4. The van der Waals surface area contributed by atoms with E-state index in [0.29, 0.717) is 0 Å². The fourth-order valence-electron chi connectivity index (χ4n) is 1.21. The molecular weight excluding hydrogens is 318 g/mol. The van der Waals surface area contributed by atoms with Crippen LogP contribution in [0.4, 0.5) is 26.3 Å². The van der Waals surface area contributed by atoms with Gasteiger partial charge in [-0.05, 0) is 12.1 Å². The van der Waals surface area contributed by atoms with Crippen LogP contribution in [0.2, 0.25) is 0 Å². The number of rotatable bonds is 1. The van der Waals surface area contributed by atoms with Crippen LogP contribution in [-0.2, 0) is 17.7 Å². The van der Waals surface area contributed by atoms with Crippen LogP contribution < -0.4 is 0 Å². The zero-order chi connectivity index (χ0) is 13.4. The molecule has 17 heavy (non-hydrogen) atoms. The lowest BCUT2D eigenvalue weighted by Crippen LogP contribution is -2.16. The van der Waals surface area contributed by atoms with E-state index in [1.165, 1.54) is 0 Å². The molecule has 0 saturated heterocycles. The highest BCUT2D eigenvalue weighted by Crippen LogP contribution is 2.43. The van der Waals surface area contributed by atoms with Crippen molar-refractivity contribution in [3.05, 3.63) is 28.8 Å². The first-order chi connectivity index (χ1) is 7.57. The van der Waals surface area contributed by atoms with E-state index in [2.05, 4.69) is 15.9 Å². The Morgan fingerprint density at radius 2 is 1.35 bits per heavy atom. The molecular formula is C9H5BrF6O. The number of phenols is 1. The fourth-order valence-corrected chi connectivity index (χ4v) is 1.66. The molecule has 0 aliphatic heterocycles. The second-order valence-electron chi connectivity index (χ2n) is 3.16. The summed E-state index contributed by atoms with van der Waals surface area (Å²) >= 11 is 2.78. The molecule has 0 aromatic heterocycles. The van der Waals surface area contributed by atoms with Gasteiger partial charge in [-0.1, -0.05) is 15.9 Å². The molecule has 1 N–H and O–H groups in total. The number of alkyl halides is 7. The predicted octanol–water partition coefficient (Wildman–Crippen LogP) is 4.32. The van der Waals surface area contributed by atoms with Gasteiger partial charge in [0.25, 0.3) is 0 Å². The Balaban J connectivity index is 3.54. The first-order valence-electron chi connectivity index (χ1n) is 4.13. The quantitative estimate of drug-likeness (QED) is 0.603. The molecule has 1 nitrogen and oxygen atoms in total. The summed E-state index contributed by atoms with van der Waals surface area (Å²) in [5.41, 5.74) is -3.96. The average Bonchev–Trinajstić information content (AvgIpc) is 2.14. The molecule has 0 spiro atoms. The molecule has 0 unspecified atom stereocenters. The van der Waals surface area contributed by atoms with Gasteiger partial charge in [-0.3, -0.25) is 0 Å². The Morgan fingerprint density at radius 1 is 0.941 bits per heavy atom. The van der Waals surface area contributed by atoms with E-state index in [0.717, 1.165) is 0 Å². The van der Waals surface area contributed by atoms with Crippen molar-refractivity contribution in [2.45, 2.75) is 17.7 Å². The minimum absolute atomic E-state index is 0.0828. The Kier molecular flexibility index (Phi) is 3.66. The Morgan fingerprint density at radius 3 is 1.71 bits per heavy atom. The summed E-state index contributed by atoms with van der Waals surface area (Å²) < 4.78 is 74.4. The van der Waals surface area contributed by atoms with Crippen LogP contribution in [0.1, 0.15) is 16.7 Å². The molecule has 96 valence electrons. The van der Waals surface area contributed by atoms with E-state index in [4.69, 9.17) is 5.11 Å². The predicted molar refractivity (Wildman–Crippen MR) is 50.7 cm³/mol. The number of benzene rings is 1. The van der Waals surface area contributed by atoms with E-state index < -0.39 is 29.2 Å². The average molecular weight is 323 g/mol. The lowest BCUT2D eigenvalue weighted by Gasteiger charge is -2.17. The van der Waals surface area contributed by atoms with E-state index in [9.17, 15) is 26.3 Å². The van der Waals surface area contributed by atoms with E-state index in [1.807, 2.05) is 0 Å². The van der Waals surface area contributed by atoms with Gasteiger partial charge < -0.3 is 5.11 Å². The Bertz CT molecular complexity index is 423. The van der Waals surface area contributed by atoms with Crippen molar-refractivity contribution in [1.29, 1.82) is 0 Å².